The van der Waals surface area contributed by atoms with Gasteiger partial charge in [-0.15, -0.1) is 21.5 Å². The Labute approximate surface area is 165 Å². The summed E-state index contributed by atoms with van der Waals surface area (Å²) in [5, 5.41) is 25.9. The fourth-order valence-electron chi connectivity index (χ4n) is 1.91. The smallest absolute Gasteiger partial charge is 0.271 e. The molecule has 9 nitrogen and oxygen atoms in total. The van der Waals surface area contributed by atoms with Gasteiger partial charge in [0.05, 0.1) is 15.6 Å². The maximum absolute atomic E-state index is 12.0. The lowest BCUT2D eigenvalue weighted by Gasteiger charge is -2.03. The molecule has 27 heavy (non-hydrogen) atoms. The first-order valence-electron chi connectivity index (χ1n) is 7.37. The zero-order chi connectivity index (χ0) is 19.2. The Morgan fingerprint density at radius 2 is 2.04 bits per heavy atom. The monoisotopic (exact) mass is 421 g/mol. The summed E-state index contributed by atoms with van der Waals surface area (Å²) in [6, 6.07) is 9.17. The molecule has 0 atom stereocenters. The van der Waals surface area contributed by atoms with Crippen LogP contribution in [0, 0.1) is 10.1 Å². The van der Waals surface area contributed by atoms with E-state index in [2.05, 4.69) is 20.8 Å². The number of thiophene rings is 1. The largest absolute Gasteiger partial charge is 0.325 e. The number of rotatable bonds is 7. The van der Waals surface area contributed by atoms with E-state index < -0.39 is 4.92 Å². The van der Waals surface area contributed by atoms with Gasteiger partial charge >= 0.3 is 0 Å². The van der Waals surface area contributed by atoms with Gasteiger partial charge in [-0.2, -0.15) is 0 Å². The van der Waals surface area contributed by atoms with E-state index in [0.717, 1.165) is 23.1 Å². The van der Waals surface area contributed by atoms with Crippen molar-refractivity contribution in [1.29, 1.82) is 0 Å². The zero-order valence-electron chi connectivity index (χ0n) is 13.4. The Morgan fingerprint density at radius 1 is 1.19 bits per heavy atom. The van der Waals surface area contributed by atoms with Crippen LogP contribution in [-0.2, 0) is 4.79 Å². The molecular formula is C15H11N5O4S3. The summed E-state index contributed by atoms with van der Waals surface area (Å²) >= 11 is 3.63. The van der Waals surface area contributed by atoms with Crippen molar-refractivity contribution in [3.05, 3.63) is 56.8 Å². The quantitative estimate of drug-likeness (QED) is 0.259. The van der Waals surface area contributed by atoms with Gasteiger partial charge in [0.2, 0.25) is 11.0 Å². The molecule has 138 valence electrons. The number of benzene rings is 1. The molecule has 0 fully saturated rings. The number of hydrogen-bond donors (Lipinski definition) is 2. The minimum Gasteiger partial charge on any atom is -0.325 e. The van der Waals surface area contributed by atoms with Crippen LogP contribution >= 0.6 is 34.4 Å². The molecule has 0 aliphatic heterocycles. The molecule has 3 rings (SSSR count). The van der Waals surface area contributed by atoms with Gasteiger partial charge in [-0.25, -0.2) is 0 Å². The Kier molecular flexibility index (Phi) is 6.11. The number of aromatic nitrogens is 2. The molecule has 0 aliphatic carbocycles. The maximum Gasteiger partial charge on any atom is 0.271 e. The highest BCUT2D eigenvalue weighted by Gasteiger charge is 2.13. The summed E-state index contributed by atoms with van der Waals surface area (Å²) in [6.07, 6.45) is 0. The highest BCUT2D eigenvalue weighted by atomic mass is 32.2. The molecule has 2 heterocycles. The SMILES string of the molecule is O=C(CSc1nnc(NC(=O)c2cccs2)s1)Nc1cccc([N+](=O)[O-])c1. The second-order valence-corrected chi connectivity index (χ2v) is 8.10. The molecule has 0 aliphatic rings. The molecule has 2 amide bonds. The van der Waals surface area contributed by atoms with Crippen molar-refractivity contribution >= 4 is 62.8 Å². The first-order valence-corrected chi connectivity index (χ1v) is 10.0. The highest BCUT2D eigenvalue weighted by molar-refractivity contribution is 8.01. The van der Waals surface area contributed by atoms with Gasteiger partial charge in [0.25, 0.3) is 11.6 Å². The third kappa shape index (κ3) is 5.32. The number of nitro groups is 1. The fourth-order valence-corrected chi connectivity index (χ4v) is 4.07. The molecule has 0 saturated heterocycles. The minimum atomic E-state index is -0.530. The van der Waals surface area contributed by atoms with Crippen molar-refractivity contribution < 1.29 is 14.5 Å². The summed E-state index contributed by atoms with van der Waals surface area (Å²) in [4.78, 5) is 34.7. The summed E-state index contributed by atoms with van der Waals surface area (Å²) in [5.74, 6) is -0.545. The van der Waals surface area contributed by atoms with Crippen LogP contribution in [0.1, 0.15) is 9.67 Å². The summed E-state index contributed by atoms with van der Waals surface area (Å²) in [6.45, 7) is 0. The number of carbonyl (C=O) groups excluding carboxylic acids is 2. The van der Waals surface area contributed by atoms with E-state index >= 15 is 0 Å². The number of nitrogens with one attached hydrogen (secondary N) is 2. The van der Waals surface area contributed by atoms with E-state index in [4.69, 9.17) is 0 Å². The van der Waals surface area contributed by atoms with Gasteiger partial charge < -0.3 is 5.32 Å². The molecule has 0 bridgehead atoms. The Bertz CT molecular complexity index is 974. The molecule has 12 heteroatoms. The summed E-state index contributed by atoms with van der Waals surface area (Å²) in [5.41, 5.74) is 0.242. The highest BCUT2D eigenvalue weighted by Crippen LogP contribution is 2.26. The van der Waals surface area contributed by atoms with Crippen LogP contribution in [0.5, 0.6) is 0 Å². The van der Waals surface area contributed by atoms with Crippen LogP contribution in [0.2, 0.25) is 0 Å². The third-order valence-corrected chi connectivity index (χ3v) is 5.88. The molecule has 0 saturated carbocycles. The molecule has 1 aromatic carbocycles. The van der Waals surface area contributed by atoms with Crippen molar-refractivity contribution in [2.24, 2.45) is 0 Å². The standard InChI is InChI=1S/C15H11N5O4S3/c21-12(16-9-3-1-4-10(7-9)20(23)24)8-26-15-19-18-14(27-15)17-13(22)11-5-2-6-25-11/h1-7H,8H2,(H,16,21)(H,17,18,22). The van der Waals surface area contributed by atoms with E-state index in [-0.39, 0.29) is 23.3 Å². The van der Waals surface area contributed by atoms with Crippen LogP contribution in [0.15, 0.2) is 46.1 Å². The lowest BCUT2D eigenvalue weighted by Crippen LogP contribution is -2.14. The first kappa shape index (κ1) is 18.9. The number of amides is 2. The fraction of sp³-hybridized carbons (Fsp3) is 0.0667. The van der Waals surface area contributed by atoms with Gasteiger partial charge in [0, 0.05) is 17.8 Å². The van der Waals surface area contributed by atoms with E-state index in [0.29, 0.717) is 20.0 Å². The lowest BCUT2D eigenvalue weighted by atomic mass is 10.3. The van der Waals surface area contributed by atoms with E-state index in [1.807, 2.05) is 0 Å². The predicted molar refractivity (Wildman–Crippen MR) is 105 cm³/mol. The van der Waals surface area contributed by atoms with Crippen molar-refractivity contribution in [2.45, 2.75) is 4.34 Å². The van der Waals surface area contributed by atoms with Gasteiger partial charge in [0.15, 0.2) is 4.34 Å². The van der Waals surface area contributed by atoms with Crippen molar-refractivity contribution in [3.8, 4) is 0 Å². The zero-order valence-corrected chi connectivity index (χ0v) is 15.9. The summed E-state index contributed by atoms with van der Waals surface area (Å²) < 4.78 is 0.519. The van der Waals surface area contributed by atoms with Crippen molar-refractivity contribution in [1.82, 2.24) is 10.2 Å². The molecule has 2 aromatic heterocycles. The van der Waals surface area contributed by atoms with Crippen molar-refractivity contribution in [2.75, 3.05) is 16.4 Å². The number of non-ortho nitro benzene ring substituents is 1. The predicted octanol–water partition coefficient (Wildman–Crippen LogP) is 3.49. The normalized spacial score (nSPS) is 10.4. The van der Waals surface area contributed by atoms with Gasteiger partial charge in [-0.05, 0) is 17.5 Å². The van der Waals surface area contributed by atoms with Gasteiger partial charge in [-0.3, -0.25) is 25.0 Å². The van der Waals surface area contributed by atoms with Crippen LogP contribution in [0.25, 0.3) is 0 Å². The average Bonchev–Trinajstić information content (AvgIpc) is 3.32. The maximum atomic E-state index is 12.0. The molecular weight excluding hydrogens is 410 g/mol. The minimum absolute atomic E-state index is 0.0518. The van der Waals surface area contributed by atoms with Crippen molar-refractivity contribution in [3.63, 3.8) is 0 Å². The topological polar surface area (TPSA) is 127 Å². The van der Waals surface area contributed by atoms with Crippen LogP contribution < -0.4 is 10.6 Å². The second kappa shape index (κ2) is 8.70. The molecule has 3 aromatic rings. The lowest BCUT2D eigenvalue weighted by molar-refractivity contribution is -0.384. The number of anilines is 2. The third-order valence-electron chi connectivity index (χ3n) is 3.04. The van der Waals surface area contributed by atoms with Gasteiger partial charge in [0.1, 0.15) is 0 Å². The number of nitrogens with zero attached hydrogens (tertiary/aromatic N) is 3. The Hall–Kier alpha value is -2.83. The Morgan fingerprint density at radius 3 is 2.78 bits per heavy atom. The second-order valence-electron chi connectivity index (χ2n) is 4.95. The average molecular weight is 421 g/mol. The Balaban J connectivity index is 1.51. The number of nitro benzene ring substituents is 1. The molecule has 0 spiro atoms. The first-order chi connectivity index (χ1) is 13.0. The molecule has 0 unspecified atom stereocenters. The number of hydrogen-bond acceptors (Lipinski definition) is 9. The molecule has 0 radical (unpaired) electrons. The van der Waals surface area contributed by atoms with Crippen LogP contribution in [0.3, 0.4) is 0 Å². The van der Waals surface area contributed by atoms with Crippen LogP contribution in [-0.4, -0.2) is 32.7 Å². The summed E-state index contributed by atoms with van der Waals surface area (Å²) in [7, 11) is 0. The van der Waals surface area contributed by atoms with E-state index in [1.165, 1.54) is 29.5 Å². The molecule has 2 N–H and O–H groups in total. The number of thioether (sulfide) groups is 1. The van der Waals surface area contributed by atoms with Gasteiger partial charge in [-0.1, -0.05) is 35.2 Å². The van der Waals surface area contributed by atoms with E-state index in [1.54, 1.807) is 23.6 Å². The number of carbonyl (C=O) groups is 2. The van der Waals surface area contributed by atoms with Crippen LogP contribution in [0.4, 0.5) is 16.5 Å². The van der Waals surface area contributed by atoms with E-state index in [9.17, 15) is 19.7 Å².